The Hall–Kier alpha value is -2.38. The van der Waals surface area contributed by atoms with E-state index >= 15 is 0 Å². The topological polar surface area (TPSA) is 75.1 Å². The number of para-hydroxylation sites is 1. The number of carbonyl (C=O) groups is 1. The van der Waals surface area contributed by atoms with Crippen molar-refractivity contribution in [2.75, 3.05) is 6.61 Å². The van der Waals surface area contributed by atoms with Crippen LogP contribution in [0, 0.1) is 0 Å². The number of carbonyl (C=O) groups excluding carboxylic acids is 1. The maximum Gasteiger partial charge on any atom is 0.268 e. The molecule has 7 heteroatoms. The molecule has 0 radical (unpaired) electrons. The van der Waals surface area contributed by atoms with E-state index in [2.05, 4.69) is 79.9 Å². The zero-order valence-electron chi connectivity index (χ0n) is 18.1. The number of nitrogens with zero attached hydrogens (tertiary/aromatic N) is 3. The molecule has 0 bridgehead atoms. The van der Waals surface area contributed by atoms with Crippen LogP contribution < -0.4 is 5.73 Å². The first-order valence-corrected chi connectivity index (χ1v) is 13.0. The van der Waals surface area contributed by atoms with Crippen molar-refractivity contribution >= 4 is 25.1 Å². The first-order valence-electron chi connectivity index (χ1n) is 10.1. The van der Waals surface area contributed by atoms with E-state index in [0.717, 1.165) is 13.0 Å². The lowest BCUT2D eigenvalue weighted by Crippen LogP contribution is -2.42. The molecule has 1 amide bonds. The molecular weight excluding hydrogens is 380 g/mol. The van der Waals surface area contributed by atoms with E-state index in [-0.39, 0.29) is 16.8 Å². The lowest BCUT2D eigenvalue weighted by Gasteiger charge is -2.37. The number of imidazole rings is 1. The van der Waals surface area contributed by atoms with Gasteiger partial charge in [0.25, 0.3) is 5.91 Å². The minimum atomic E-state index is -1.89. The van der Waals surface area contributed by atoms with Crippen molar-refractivity contribution in [2.24, 2.45) is 5.73 Å². The summed E-state index contributed by atoms with van der Waals surface area (Å²) in [5.74, 6) is -0.510. The van der Waals surface area contributed by atoms with Gasteiger partial charge in [0.05, 0.1) is 19.0 Å². The number of hydrogen-bond acceptors (Lipinski definition) is 3. The van der Waals surface area contributed by atoms with E-state index in [1.54, 1.807) is 12.5 Å². The Labute approximate surface area is 173 Å². The number of fused-ring (bicyclic) bond motifs is 1. The number of benzene rings is 1. The van der Waals surface area contributed by atoms with E-state index in [4.69, 9.17) is 10.2 Å². The van der Waals surface area contributed by atoms with E-state index in [1.165, 1.54) is 10.9 Å². The number of aryl methyl sites for hydroxylation is 1. The molecule has 6 nitrogen and oxygen atoms in total. The third-order valence-corrected chi connectivity index (χ3v) is 10.6. The van der Waals surface area contributed by atoms with Gasteiger partial charge in [-0.1, -0.05) is 39.0 Å². The Morgan fingerprint density at radius 1 is 1.24 bits per heavy atom. The van der Waals surface area contributed by atoms with Gasteiger partial charge in [-0.15, -0.1) is 0 Å². The normalized spacial score (nSPS) is 13.7. The van der Waals surface area contributed by atoms with Crippen LogP contribution in [0.3, 0.4) is 0 Å². The minimum absolute atomic E-state index is 0.0749. The van der Waals surface area contributed by atoms with Crippen molar-refractivity contribution in [2.45, 2.75) is 57.9 Å². The average Bonchev–Trinajstić information content (AvgIpc) is 3.28. The van der Waals surface area contributed by atoms with E-state index in [0.29, 0.717) is 6.61 Å². The highest BCUT2D eigenvalue weighted by molar-refractivity contribution is 6.74. The average molecular weight is 413 g/mol. The van der Waals surface area contributed by atoms with Crippen LogP contribution in [0.1, 0.15) is 43.7 Å². The number of amides is 1. The van der Waals surface area contributed by atoms with E-state index in [9.17, 15) is 4.79 Å². The Balaban J connectivity index is 1.79. The summed E-state index contributed by atoms with van der Waals surface area (Å²) < 4.78 is 10.7. The number of primary amides is 1. The lowest BCUT2D eigenvalue weighted by atomic mass is 10.2. The predicted octanol–water partition coefficient (Wildman–Crippen LogP) is 4.59. The second-order valence-electron chi connectivity index (χ2n) is 9.15. The van der Waals surface area contributed by atoms with Crippen molar-refractivity contribution < 1.29 is 9.22 Å². The number of rotatable bonds is 8. The smallest absolute Gasteiger partial charge is 0.268 e. The summed E-state index contributed by atoms with van der Waals surface area (Å²) in [7, 11) is -1.89. The summed E-state index contributed by atoms with van der Waals surface area (Å²) in [5, 5.41) is 1.38. The standard InChI is InChI=1S/C22H32N4O2Si/c1-22(2,3)29(4,5)28-15-18(26-14-19(21(23)27)24-16-26)11-13-25-12-10-17-8-6-7-9-20(17)25/h6-10,12,14,16,18H,11,13,15H2,1-5H3,(H2,23,27)/t18-/m1/s1. The number of aromatic nitrogens is 3. The highest BCUT2D eigenvalue weighted by Crippen LogP contribution is 2.37. The van der Waals surface area contributed by atoms with Gasteiger partial charge in [-0.25, -0.2) is 4.98 Å². The van der Waals surface area contributed by atoms with Gasteiger partial charge in [-0.3, -0.25) is 4.79 Å². The third kappa shape index (κ3) is 4.79. The van der Waals surface area contributed by atoms with Crippen molar-refractivity contribution in [3.63, 3.8) is 0 Å². The van der Waals surface area contributed by atoms with Crippen molar-refractivity contribution in [3.8, 4) is 0 Å². The van der Waals surface area contributed by atoms with Gasteiger partial charge in [-0.05, 0) is 42.1 Å². The molecule has 3 aromatic rings. The molecule has 2 heterocycles. The maximum atomic E-state index is 11.5. The van der Waals surface area contributed by atoms with Crippen LogP contribution in [0.15, 0.2) is 49.1 Å². The van der Waals surface area contributed by atoms with Crippen LogP contribution in [-0.2, 0) is 11.0 Å². The van der Waals surface area contributed by atoms with Crippen LogP contribution in [0.5, 0.6) is 0 Å². The fourth-order valence-corrected chi connectivity index (χ4v) is 4.17. The summed E-state index contributed by atoms with van der Waals surface area (Å²) in [4.78, 5) is 15.7. The highest BCUT2D eigenvalue weighted by Gasteiger charge is 2.37. The molecule has 1 aromatic carbocycles. The SMILES string of the molecule is CC(C)(C)[Si](C)(C)OC[C@@H](CCn1ccc2ccccc21)n1cnc(C(N)=O)c1. The second-order valence-corrected chi connectivity index (χ2v) is 14.0. The van der Waals surface area contributed by atoms with Crippen LogP contribution in [0.25, 0.3) is 10.9 Å². The van der Waals surface area contributed by atoms with Gasteiger partial charge in [0.15, 0.2) is 8.32 Å². The van der Waals surface area contributed by atoms with Crippen LogP contribution in [0.2, 0.25) is 18.1 Å². The Morgan fingerprint density at radius 2 is 1.97 bits per heavy atom. The summed E-state index contributed by atoms with van der Waals surface area (Å²) in [6, 6.07) is 10.6. The molecular formula is C22H32N4O2Si. The monoisotopic (exact) mass is 412 g/mol. The molecule has 29 heavy (non-hydrogen) atoms. The van der Waals surface area contributed by atoms with Crippen LogP contribution in [0.4, 0.5) is 0 Å². The highest BCUT2D eigenvalue weighted by atomic mass is 28.4. The fourth-order valence-electron chi connectivity index (χ4n) is 3.13. The van der Waals surface area contributed by atoms with Crippen molar-refractivity contribution in [1.29, 1.82) is 0 Å². The Kier molecular flexibility index (Phi) is 6.00. The first kappa shape index (κ1) is 21.3. The Morgan fingerprint density at radius 3 is 2.62 bits per heavy atom. The van der Waals surface area contributed by atoms with Gasteiger partial charge in [-0.2, -0.15) is 0 Å². The second kappa shape index (κ2) is 8.16. The maximum absolute atomic E-state index is 11.5. The molecule has 0 aliphatic heterocycles. The zero-order chi connectivity index (χ0) is 21.2. The Bertz CT molecular complexity index is 984. The van der Waals surface area contributed by atoms with Gasteiger partial charge in [0.2, 0.25) is 0 Å². The minimum Gasteiger partial charge on any atom is -0.415 e. The summed E-state index contributed by atoms with van der Waals surface area (Å²) >= 11 is 0. The predicted molar refractivity (Wildman–Crippen MR) is 119 cm³/mol. The molecule has 0 saturated carbocycles. The molecule has 0 saturated heterocycles. The fraction of sp³-hybridized carbons (Fsp3) is 0.455. The quantitative estimate of drug-likeness (QED) is 0.550. The summed E-state index contributed by atoms with van der Waals surface area (Å²) in [5.41, 5.74) is 6.91. The van der Waals surface area contributed by atoms with Gasteiger partial charge in [0.1, 0.15) is 5.69 Å². The van der Waals surface area contributed by atoms with Gasteiger partial charge in [0, 0.05) is 24.5 Å². The van der Waals surface area contributed by atoms with Gasteiger partial charge >= 0.3 is 0 Å². The molecule has 2 aromatic heterocycles. The summed E-state index contributed by atoms with van der Waals surface area (Å²) in [6.45, 7) is 12.7. The first-order chi connectivity index (χ1) is 13.6. The van der Waals surface area contributed by atoms with Crippen LogP contribution >= 0.6 is 0 Å². The largest absolute Gasteiger partial charge is 0.415 e. The number of hydrogen-bond donors (Lipinski definition) is 1. The van der Waals surface area contributed by atoms with Crippen molar-refractivity contribution in [3.05, 3.63) is 54.7 Å². The zero-order valence-corrected chi connectivity index (χ0v) is 19.1. The lowest BCUT2D eigenvalue weighted by molar-refractivity contribution is 0.0995. The molecule has 0 unspecified atom stereocenters. The molecule has 0 spiro atoms. The van der Waals surface area contributed by atoms with Crippen LogP contribution in [-0.4, -0.2) is 34.9 Å². The van der Waals surface area contributed by atoms with Gasteiger partial charge < -0.3 is 19.3 Å². The molecule has 0 aliphatic carbocycles. The molecule has 0 fully saturated rings. The number of nitrogens with two attached hydrogens (primary N) is 1. The molecule has 3 rings (SSSR count). The summed E-state index contributed by atoms with van der Waals surface area (Å²) in [6.07, 6.45) is 6.41. The van der Waals surface area contributed by atoms with E-state index in [1.807, 2.05) is 4.57 Å². The van der Waals surface area contributed by atoms with Crippen molar-refractivity contribution in [1.82, 2.24) is 14.1 Å². The third-order valence-electron chi connectivity index (χ3n) is 6.10. The molecule has 1 atom stereocenters. The molecule has 2 N–H and O–H groups in total. The molecule has 156 valence electrons. The molecule has 0 aliphatic rings. The van der Waals surface area contributed by atoms with E-state index < -0.39 is 14.2 Å².